The van der Waals surface area contributed by atoms with Gasteiger partial charge in [0.05, 0.1) is 6.04 Å². The Morgan fingerprint density at radius 3 is 2.89 bits per heavy atom. The summed E-state index contributed by atoms with van der Waals surface area (Å²) in [6.45, 7) is 7.06. The highest BCUT2D eigenvalue weighted by Gasteiger charge is 2.22. The van der Waals surface area contributed by atoms with Gasteiger partial charge in [-0.05, 0) is 26.3 Å². The Hall–Kier alpha value is -1.14. The summed E-state index contributed by atoms with van der Waals surface area (Å²) in [6, 6.07) is 0.303. The van der Waals surface area contributed by atoms with Gasteiger partial charge in [-0.25, -0.2) is 4.98 Å². The van der Waals surface area contributed by atoms with Crippen LogP contribution in [0.25, 0.3) is 0 Å². The second-order valence-corrected chi connectivity index (χ2v) is 6.30. The van der Waals surface area contributed by atoms with Gasteiger partial charge in [0, 0.05) is 17.0 Å². The SMILES string of the molecule is CC(NCCCCC(C)(C)/C(N)=N/O)c1nccs1. The van der Waals surface area contributed by atoms with Crippen molar-refractivity contribution < 1.29 is 5.21 Å². The normalized spacial score (nSPS) is 14.6. The van der Waals surface area contributed by atoms with Gasteiger partial charge < -0.3 is 16.3 Å². The van der Waals surface area contributed by atoms with Crippen molar-refractivity contribution in [2.24, 2.45) is 16.3 Å². The lowest BCUT2D eigenvalue weighted by molar-refractivity contribution is 0.304. The molecule has 108 valence electrons. The number of amidine groups is 1. The third-order valence-corrected chi connectivity index (χ3v) is 4.26. The van der Waals surface area contributed by atoms with Crippen molar-refractivity contribution in [2.75, 3.05) is 6.54 Å². The molecule has 5 nitrogen and oxygen atoms in total. The molecule has 6 heteroatoms. The van der Waals surface area contributed by atoms with Crippen LogP contribution in [0.3, 0.4) is 0 Å². The first-order chi connectivity index (χ1) is 8.97. The Bertz CT molecular complexity index is 389. The van der Waals surface area contributed by atoms with Crippen LogP contribution in [-0.2, 0) is 0 Å². The molecular weight excluding hydrogens is 260 g/mol. The first-order valence-electron chi connectivity index (χ1n) is 6.58. The first-order valence-corrected chi connectivity index (χ1v) is 7.46. The average Bonchev–Trinajstić information content (AvgIpc) is 2.90. The molecule has 19 heavy (non-hydrogen) atoms. The van der Waals surface area contributed by atoms with Gasteiger partial charge in [0.1, 0.15) is 10.8 Å². The molecule has 0 saturated carbocycles. The Balaban J connectivity index is 2.18. The van der Waals surface area contributed by atoms with E-state index in [2.05, 4.69) is 22.4 Å². The fourth-order valence-electron chi connectivity index (χ4n) is 1.81. The van der Waals surface area contributed by atoms with E-state index in [1.165, 1.54) is 0 Å². The third kappa shape index (κ3) is 5.16. The van der Waals surface area contributed by atoms with Crippen molar-refractivity contribution in [3.8, 4) is 0 Å². The fourth-order valence-corrected chi connectivity index (χ4v) is 2.48. The molecule has 0 fully saturated rings. The maximum atomic E-state index is 8.70. The number of hydrogen-bond donors (Lipinski definition) is 3. The van der Waals surface area contributed by atoms with Crippen molar-refractivity contribution >= 4 is 17.2 Å². The summed E-state index contributed by atoms with van der Waals surface area (Å²) in [5, 5.41) is 18.4. The van der Waals surface area contributed by atoms with Crippen LogP contribution >= 0.6 is 11.3 Å². The van der Waals surface area contributed by atoms with Gasteiger partial charge in [-0.2, -0.15) is 0 Å². The van der Waals surface area contributed by atoms with Gasteiger partial charge in [-0.3, -0.25) is 0 Å². The number of aromatic nitrogens is 1. The number of nitrogens with zero attached hydrogens (tertiary/aromatic N) is 2. The standard InChI is InChI=1S/C13H24N4OS/c1-10(11-16-8-9-19-11)15-7-5-4-6-13(2,3)12(14)17-18/h8-10,15,18H,4-7H2,1-3H3,(H2,14,17). The largest absolute Gasteiger partial charge is 0.409 e. The van der Waals surface area contributed by atoms with Crippen LogP contribution in [-0.4, -0.2) is 22.6 Å². The van der Waals surface area contributed by atoms with Crippen molar-refractivity contribution in [2.45, 2.75) is 46.1 Å². The van der Waals surface area contributed by atoms with Gasteiger partial charge >= 0.3 is 0 Å². The quantitative estimate of drug-likeness (QED) is 0.225. The molecule has 1 rings (SSSR count). The summed E-state index contributed by atoms with van der Waals surface area (Å²) < 4.78 is 0. The molecule has 1 unspecified atom stereocenters. The van der Waals surface area contributed by atoms with E-state index in [0.29, 0.717) is 11.9 Å². The Kier molecular flexibility index (Phi) is 6.24. The minimum absolute atomic E-state index is 0.240. The number of rotatable bonds is 8. The van der Waals surface area contributed by atoms with Crippen LogP contribution in [0.15, 0.2) is 16.7 Å². The molecule has 0 aromatic carbocycles. The number of thiazole rings is 1. The van der Waals surface area contributed by atoms with E-state index in [0.717, 1.165) is 30.8 Å². The van der Waals surface area contributed by atoms with E-state index in [1.807, 2.05) is 25.4 Å². The molecule has 1 aromatic rings. The average molecular weight is 284 g/mol. The van der Waals surface area contributed by atoms with Crippen LogP contribution in [0.1, 0.15) is 51.1 Å². The van der Waals surface area contributed by atoms with Gasteiger partial charge in [-0.1, -0.05) is 25.4 Å². The molecule has 4 N–H and O–H groups in total. The van der Waals surface area contributed by atoms with Gasteiger partial charge in [-0.15, -0.1) is 11.3 Å². The first kappa shape index (κ1) is 15.9. The second kappa shape index (κ2) is 7.45. The highest BCUT2D eigenvalue weighted by atomic mass is 32.1. The lowest BCUT2D eigenvalue weighted by atomic mass is 9.86. The van der Waals surface area contributed by atoms with Crippen LogP contribution in [0.4, 0.5) is 0 Å². The molecule has 1 heterocycles. The summed E-state index contributed by atoms with van der Waals surface area (Å²) in [5.41, 5.74) is 5.41. The Morgan fingerprint density at radius 2 is 2.32 bits per heavy atom. The zero-order chi connectivity index (χ0) is 14.3. The van der Waals surface area contributed by atoms with E-state index >= 15 is 0 Å². The predicted octanol–water partition coefficient (Wildman–Crippen LogP) is 2.74. The molecule has 0 radical (unpaired) electrons. The lowest BCUT2D eigenvalue weighted by Crippen LogP contribution is -2.32. The number of nitrogens with two attached hydrogens (primary N) is 1. The molecule has 1 aromatic heterocycles. The summed E-state index contributed by atoms with van der Waals surface area (Å²) in [6.07, 6.45) is 4.85. The highest BCUT2D eigenvalue weighted by molar-refractivity contribution is 7.09. The molecular formula is C13H24N4OS. The van der Waals surface area contributed by atoms with E-state index in [9.17, 15) is 0 Å². The molecule has 1 atom stereocenters. The lowest BCUT2D eigenvalue weighted by Gasteiger charge is -2.22. The second-order valence-electron chi connectivity index (χ2n) is 5.37. The number of nitrogens with one attached hydrogen (secondary N) is 1. The molecule has 0 bridgehead atoms. The van der Waals surface area contributed by atoms with Gasteiger partial charge in [0.25, 0.3) is 0 Å². The number of unbranched alkanes of at least 4 members (excludes halogenated alkanes) is 1. The number of hydrogen-bond acceptors (Lipinski definition) is 5. The van der Waals surface area contributed by atoms with Crippen LogP contribution in [0.5, 0.6) is 0 Å². The third-order valence-electron chi connectivity index (χ3n) is 3.30. The van der Waals surface area contributed by atoms with E-state index < -0.39 is 0 Å². The topological polar surface area (TPSA) is 83.5 Å². The zero-order valence-corrected chi connectivity index (χ0v) is 12.7. The summed E-state index contributed by atoms with van der Waals surface area (Å²) in [4.78, 5) is 4.28. The van der Waals surface area contributed by atoms with Gasteiger partial charge in [0.15, 0.2) is 0 Å². The summed E-state index contributed by atoms with van der Waals surface area (Å²) in [7, 11) is 0. The predicted molar refractivity (Wildman–Crippen MR) is 79.6 cm³/mol. The summed E-state index contributed by atoms with van der Waals surface area (Å²) in [5.74, 6) is 0.302. The molecule has 0 aliphatic carbocycles. The fraction of sp³-hybridized carbons (Fsp3) is 0.692. The summed E-state index contributed by atoms with van der Waals surface area (Å²) >= 11 is 1.67. The van der Waals surface area contributed by atoms with E-state index in [4.69, 9.17) is 10.9 Å². The maximum Gasteiger partial charge on any atom is 0.144 e. The molecule has 0 aliphatic heterocycles. The van der Waals surface area contributed by atoms with Crippen molar-refractivity contribution in [3.05, 3.63) is 16.6 Å². The smallest absolute Gasteiger partial charge is 0.144 e. The highest BCUT2D eigenvalue weighted by Crippen LogP contribution is 2.23. The van der Waals surface area contributed by atoms with Gasteiger partial charge in [0.2, 0.25) is 0 Å². The van der Waals surface area contributed by atoms with Crippen molar-refractivity contribution in [1.82, 2.24) is 10.3 Å². The minimum atomic E-state index is -0.240. The number of oxime groups is 1. The van der Waals surface area contributed by atoms with Crippen molar-refractivity contribution in [3.63, 3.8) is 0 Å². The molecule has 0 aliphatic rings. The van der Waals surface area contributed by atoms with Crippen LogP contribution in [0.2, 0.25) is 0 Å². The zero-order valence-electron chi connectivity index (χ0n) is 11.9. The minimum Gasteiger partial charge on any atom is -0.409 e. The van der Waals surface area contributed by atoms with Crippen LogP contribution in [0, 0.1) is 5.41 Å². The molecule has 0 spiro atoms. The molecule has 0 saturated heterocycles. The monoisotopic (exact) mass is 284 g/mol. The van der Waals surface area contributed by atoms with Crippen molar-refractivity contribution in [1.29, 1.82) is 0 Å². The van der Waals surface area contributed by atoms with E-state index in [-0.39, 0.29) is 5.41 Å². The Labute approximate surface area is 118 Å². The molecule has 0 amide bonds. The maximum absolute atomic E-state index is 8.70. The van der Waals surface area contributed by atoms with E-state index in [1.54, 1.807) is 11.3 Å². The Morgan fingerprint density at radius 1 is 1.58 bits per heavy atom. The van der Waals surface area contributed by atoms with Crippen LogP contribution < -0.4 is 11.1 Å².